The Labute approximate surface area is 63.8 Å². The highest BCUT2D eigenvalue weighted by molar-refractivity contribution is 5.92. The molecule has 64 valence electrons. The second-order valence-corrected chi connectivity index (χ2v) is 1.82. The zero-order chi connectivity index (χ0) is 8.69. The van der Waals surface area contributed by atoms with Gasteiger partial charge in [-0.25, -0.2) is 9.59 Å². The van der Waals surface area contributed by atoms with Crippen LogP contribution in [0.25, 0.3) is 0 Å². The minimum Gasteiger partial charge on any atom is -0.396 e. The lowest BCUT2D eigenvalue weighted by Gasteiger charge is -2.01. The lowest BCUT2D eigenvalue weighted by molar-refractivity contribution is 0.230. The van der Waals surface area contributed by atoms with Crippen LogP contribution in [0.5, 0.6) is 0 Å². The van der Waals surface area contributed by atoms with Crippen molar-refractivity contribution in [2.75, 3.05) is 13.2 Å². The molecule has 0 aliphatic carbocycles. The SMILES string of the molecule is NC(=O)NC(=O)NCCCO. The molecule has 0 saturated heterocycles. The predicted molar refractivity (Wildman–Crippen MR) is 37.8 cm³/mol. The molecular formula is C5H11N3O3. The van der Waals surface area contributed by atoms with E-state index < -0.39 is 12.1 Å². The molecule has 11 heavy (non-hydrogen) atoms. The summed E-state index contributed by atoms with van der Waals surface area (Å²) < 4.78 is 0. The van der Waals surface area contributed by atoms with E-state index in [1.165, 1.54) is 0 Å². The normalized spacial score (nSPS) is 8.82. The van der Waals surface area contributed by atoms with E-state index in [9.17, 15) is 9.59 Å². The summed E-state index contributed by atoms with van der Waals surface area (Å²) in [7, 11) is 0. The van der Waals surface area contributed by atoms with Crippen LogP contribution in [0, 0.1) is 0 Å². The summed E-state index contributed by atoms with van der Waals surface area (Å²) >= 11 is 0. The van der Waals surface area contributed by atoms with E-state index in [2.05, 4.69) is 11.1 Å². The lowest BCUT2D eigenvalue weighted by atomic mass is 10.4. The van der Waals surface area contributed by atoms with Gasteiger partial charge < -0.3 is 16.2 Å². The number of nitrogens with one attached hydrogen (secondary N) is 2. The number of carbonyl (C=O) groups excluding carboxylic acids is 2. The van der Waals surface area contributed by atoms with E-state index in [0.29, 0.717) is 13.0 Å². The van der Waals surface area contributed by atoms with Gasteiger partial charge in [-0.3, -0.25) is 5.32 Å². The molecule has 0 aliphatic heterocycles. The highest BCUT2D eigenvalue weighted by Crippen LogP contribution is 1.71. The van der Waals surface area contributed by atoms with Gasteiger partial charge >= 0.3 is 12.1 Å². The molecule has 0 spiro atoms. The second-order valence-electron chi connectivity index (χ2n) is 1.82. The number of aliphatic hydroxyl groups excluding tert-OH is 1. The van der Waals surface area contributed by atoms with Crippen LogP contribution in [0.2, 0.25) is 0 Å². The van der Waals surface area contributed by atoms with Crippen molar-refractivity contribution >= 4 is 12.1 Å². The summed E-state index contributed by atoms with van der Waals surface area (Å²) in [5.74, 6) is 0. The summed E-state index contributed by atoms with van der Waals surface area (Å²) in [6.07, 6.45) is 0.451. The summed E-state index contributed by atoms with van der Waals surface area (Å²) in [5, 5.41) is 12.4. The van der Waals surface area contributed by atoms with E-state index in [0.717, 1.165) is 0 Å². The Morgan fingerprint density at radius 2 is 2.09 bits per heavy atom. The Balaban J connectivity index is 3.30. The number of aliphatic hydroxyl groups is 1. The Kier molecular flexibility index (Phi) is 4.83. The van der Waals surface area contributed by atoms with Crippen molar-refractivity contribution in [3.05, 3.63) is 0 Å². The molecule has 0 aromatic heterocycles. The Hall–Kier alpha value is -1.30. The topological polar surface area (TPSA) is 104 Å². The van der Waals surface area contributed by atoms with Gasteiger partial charge in [0.25, 0.3) is 0 Å². The second kappa shape index (κ2) is 5.48. The average molecular weight is 161 g/mol. The number of primary amides is 1. The van der Waals surface area contributed by atoms with Gasteiger partial charge in [-0.15, -0.1) is 0 Å². The van der Waals surface area contributed by atoms with Crippen molar-refractivity contribution in [2.24, 2.45) is 5.73 Å². The van der Waals surface area contributed by atoms with E-state index in [4.69, 9.17) is 5.11 Å². The fraction of sp³-hybridized carbons (Fsp3) is 0.600. The molecule has 0 radical (unpaired) electrons. The lowest BCUT2D eigenvalue weighted by Crippen LogP contribution is -2.42. The van der Waals surface area contributed by atoms with Gasteiger partial charge in [0.1, 0.15) is 0 Å². The van der Waals surface area contributed by atoms with Gasteiger partial charge in [0.2, 0.25) is 0 Å². The molecule has 0 unspecified atom stereocenters. The third kappa shape index (κ3) is 6.59. The monoisotopic (exact) mass is 161 g/mol. The maximum atomic E-state index is 10.5. The summed E-state index contributed by atoms with van der Waals surface area (Å²) in [5.41, 5.74) is 4.64. The van der Waals surface area contributed by atoms with Gasteiger partial charge in [0.05, 0.1) is 0 Å². The number of hydrogen-bond acceptors (Lipinski definition) is 3. The van der Waals surface area contributed by atoms with E-state index in [1.807, 2.05) is 5.32 Å². The fourth-order valence-corrected chi connectivity index (χ4v) is 0.437. The molecule has 0 heterocycles. The molecule has 0 aromatic carbocycles. The highest BCUT2D eigenvalue weighted by atomic mass is 16.3. The fourth-order valence-electron chi connectivity index (χ4n) is 0.437. The molecule has 0 fully saturated rings. The molecule has 0 aliphatic rings. The number of carbonyl (C=O) groups is 2. The number of urea groups is 2. The van der Waals surface area contributed by atoms with Crippen LogP contribution in [-0.4, -0.2) is 30.3 Å². The number of hydrogen-bond donors (Lipinski definition) is 4. The summed E-state index contributed by atoms with van der Waals surface area (Å²) in [6.45, 7) is 0.312. The first-order valence-electron chi connectivity index (χ1n) is 3.12. The first-order valence-corrected chi connectivity index (χ1v) is 3.12. The molecular weight excluding hydrogens is 150 g/mol. The van der Waals surface area contributed by atoms with Crippen LogP contribution >= 0.6 is 0 Å². The Morgan fingerprint density at radius 3 is 2.55 bits per heavy atom. The molecule has 0 rings (SSSR count). The van der Waals surface area contributed by atoms with Gasteiger partial charge in [-0.1, -0.05) is 0 Å². The van der Waals surface area contributed by atoms with Gasteiger partial charge in [-0.05, 0) is 6.42 Å². The number of imide groups is 1. The molecule has 6 nitrogen and oxygen atoms in total. The Bertz CT molecular complexity index is 148. The maximum Gasteiger partial charge on any atom is 0.322 e. The average Bonchev–Trinajstić information content (AvgIpc) is 1.86. The van der Waals surface area contributed by atoms with Gasteiger partial charge in [0.15, 0.2) is 0 Å². The third-order valence-electron chi connectivity index (χ3n) is 0.857. The van der Waals surface area contributed by atoms with E-state index in [-0.39, 0.29) is 6.61 Å². The third-order valence-corrected chi connectivity index (χ3v) is 0.857. The molecule has 6 heteroatoms. The minimum atomic E-state index is -0.897. The Morgan fingerprint density at radius 1 is 1.45 bits per heavy atom. The smallest absolute Gasteiger partial charge is 0.322 e. The first-order chi connectivity index (χ1) is 5.16. The van der Waals surface area contributed by atoms with Crippen LogP contribution in [0.4, 0.5) is 9.59 Å². The molecule has 0 atom stereocenters. The van der Waals surface area contributed by atoms with Crippen molar-refractivity contribution in [3.8, 4) is 0 Å². The van der Waals surface area contributed by atoms with Gasteiger partial charge in [-0.2, -0.15) is 0 Å². The molecule has 0 aromatic rings. The quantitative estimate of drug-likeness (QED) is 0.388. The van der Waals surface area contributed by atoms with Crippen molar-refractivity contribution in [1.82, 2.24) is 10.6 Å². The van der Waals surface area contributed by atoms with Crippen LogP contribution in [0.1, 0.15) is 6.42 Å². The van der Waals surface area contributed by atoms with Gasteiger partial charge in [0, 0.05) is 13.2 Å². The van der Waals surface area contributed by atoms with E-state index >= 15 is 0 Å². The van der Waals surface area contributed by atoms with Crippen LogP contribution in [-0.2, 0) is 0 Å². The molecule has 0 saturated carbocycles. The van der Waals surface area contributed by atoms with Crippen LogP contribution in [0.3, 0.4) is 0 Å². The summed E-state index contributed by atoms with van der Waals surface area (Å²) in [4.78, 5) is 20.6. The minimum absolute atomic E-state index is 0.00312. The van der Waals surface area contributed by atoms with Crippen LogP contribution < -0.4 is 16.4 Å². The van der Waals surface area contributed by atoms with Crippen molar-refractivity contribution in [3.63, 3.8) is 0 Å². The molecule has 5 N–H and O–H groups in total. The largest absolute Gasteiger partial charge is 0.396 e. The number of nitrogens with two attached hydrogens (primary N) is 1. The number of amides is 4. The maximum absolute atomic E-state index is 10.5. The van der Waals surface area contributed by atoms with Crippen LogP contribution in [0.15, 0.2) is 0 Å². The predicted octanol–water partition coefficient (Wildman–Crippen LogP) is -1.25. The number of rotatable bonds is 3. The zero-order valence-electron chi connectivity index (χ0n) is 5.96. The van der Waals surface area contributed by atoms with Crippen molar-refractivity contribution in [2.45, 2.75) is 6.42 Å². The van der Waals surface area contributed by atoms with Crippen molar-refractivity contribution < 1.29 is 14.7 Å². The van der Waals surface area contributed by atoms with E-state index in [1.54, 1.807) is 0 Å². The molecule has 4 amide bonds. The summed E-state index contributed by atoms with van der Waals surface area (Å²) in [6, 6.07) is -1.54. The van der Waals surface area contributed by atoms with Crippen molar-refractivity contribution in [1.29, 1.82) is 0 Å². The molecule has 0 bridgehead atoms. The highest BCUT2D eigenvalue weighted by Gasteiger charge is 2.00. The first kappa shape index (κ1) is 9.70. The standard InChI is InChI=1S/C5H11N3O3/c6-4(10)8-5(11)7-2-1-3-9/h9H,1-3H2,(H4,6,7,8,10,11). The zero-order valence-corrected chi connectivity index (χ0v) is 5.96.